The Morgan fingerprint density at radius 3 is 1.91 bits per heavy atom. The van der Waals surface area contributed by atoms with Gasteiger partial charge in [0.1, 0.15) is 12.1 Å². The van der Waals surface area contributed by atoms with Crippen molar-refractivity contribution in [1.82, 2.24) is 10.6 Å². The highest BCUT2D eigenvalue weighted by atomic mass is 32.1. The van der Waals surface area contributed by atoms with Crippen LogP contribution in [0.25, 0.3) is 0 Å². The third kappa shape index (κ3) is 13.6. The summed E-state index contributed by atoms with van der Waals surface area (Å²) in [5, 5.41) is 21.3. The standard InChI is InChI=1S/C20H31N3O4S.C2HF3O2/c1-13(2)17(28)19(25)22-15(10-6-7-11-21)18(24)23-16(20(26)27)12-14-8-4-3-5-9-14;3-2(4,5)1(6)7/h3-5,8-9,13,15-17,28H,6-7,10-12,21H2,1-2H3,(H,22,25)(H,23,24)(H,26,27);(H,6,7)/t15-,16-,17?;/m0./s1. The molecular formula is C22H32F3N3O6S. The Morgan fingerprint density at radius 1 is 0.971 bits per heavy atom. The lowest BCUT2D eigenvalue weighted by molar-refractivity contribution is -0.192. The van der Waals surface area contributed by atoms with Crippen LogP contribution in [0.2, 0.25) is 0 Å². The van der Waals surface area contributed by atoms with Gasteiger partial charge in [-0.1, -0.05) is 44.2 Å². The first-order valence-corrected chi connectivity index (χ1v) is 11.3. The van der Waals surface area contributed by atoms with Crippen LogP contribution in [0.15, 0.2) is 30.3 Å². The maximum Gasteiger partial charge on any atom is 0.490 e. The number of hydrogen-bond donors (Lipinski definition) is 6. The first-order chi connectivity index (χ1) is 16.2. The van der Waals surface area contributed by atoms with Crippen molar-refractivity contribution in [2.24, 2.45) is 11.7 Å². The smallest absolute Gasteiger partial charge is 0.480 e. The van der Waals surface area contributed by atoms with Crippen molar-refractivity contribution in [2.75, 3.05) is 6.54 Å². The molecule has 9 nitrogen and oxygen atoms in total. The third-order valence-corrected chi connectivity index (χ3v) is 5.45. The Bertz CT molecular complexity index is 824. The second-order valence-electron chi connectivity index (χ2n) is 7.93. The summed E-state index contributed by atoms with van der Waals surface area (Å²) in [5.74, 6) is -4.74. The lowest BCUT2D eigenvalue weighted by Gasteiger charge is -2.23. The molecule has 0 heterocycles. The Labute approximate surface area is 207 Å². The molecule has 0 spiro atoms. The summed E-state index contributed by atoms with van der Waals surface area (Å²) in [4.78, 5) is 45.6. The SMILES string of the molecule is CC(C)C(S)C(=O)N[C@@H](CCCCN)C(=O)N[C@@H](Cc1ccccc1)C(=O)O.O=C(O)C(F)(F)F. The summed E-state index contributed by atoms with van der Waals surface area (Å²) in [7, 11) is 0. The van der Waals surface area contributed by atoms with Gasteiger partial charge in [-0.05, 0) is 37.3 Å². The molecule has 13 heteroatoms. The fourth-order valence-corrected chi connectivity index (χ4v) is 2.72. The monoisotopic (exact) mass is 523 g/mol. The van der Waals surface area contributed by atoms with E-state index in [2.05, 4.69) is 23.3 Å². The number of amides is 2. The van der Waals surface area contributed by atoms with Gasteiger partial charge in [-0.2, -0.15) is 25.8 Å². The van der Waals surface area contributed by atoms with Crippen molar-refractivity contribution < 1.29 is 42.6 Å². The zero-order valence-electron chi connectivity index (χ0n) is 19.4. The van der Waals surface area contributed by atoms with Crippen LogP contribution in [0, 0.1) is 5.92 Å². The van der Waals surface area contributed by atoms with Crippen LogP contribution >= 0.6 is 12.6 Å². The van der Waals surface area contributed by atoms with E-state index in [1.165, 1.54) is 0 Å². The van der Waals surface area contributed by atoms with Crippen LogP contribution in [0.5, 0.6) is 0 Å². The van der Waals surface area contributed by atoms with E-state index in [0.717, 1.165) is 5.56 Å². The summed E-state index contributed by atoms with van der Waals surface area (Å²) < 4.78 is 31.7. The molecule has 1 aromatic carbocycles. The molecule has 1 rings (SSSR count). The molecule has 1 aromatic rings. The maximum absolute atomic E-state index is 12.7. The maximum atomic E-state index is 12.7. The molecule has 0 bridgehead atoms. The van der Waals surface area contributed by atoms with Gasteiger partial charge in [0.15, 0.2) is 0 Å². The molecule has 3 atom stereocenters. The van der Waals surface area contributed by atoms with Gasteiger partial charge in [-0.3, -0.25) is 9.59 Å². The molecule has 0 aliphatic rings. The molecule has 0 saturated heterocycles. The van der Waals surface area contributed by atoms with Gasteiger partial charge in [0.25, 0.3) is 0 Å². The van der Waals surface area contributed by atoms with Crippen LogP contribution in [-0.2, 0) is 25.6 Å². The zero-order valence-corrected chi connectivity index (χ0v) is 20.3. The highest BCUT2D eigenvalue weighted by Gasteiger charge is 2.38. The summed E-state index contributed by atoms with van der Waals surface area (Å²) >= 11 is 4.28. The highest BCUT2D eigenvalue weighted by Crippen LogP contribution is 2.13. The molecule has 6 N–H and O–H groups in total. The Morgan fingerprint density at radius 2 is 1.49 bits per heavy atom. The number of hydrogen-bond acceptors (Lipinski definition) is 6. The second kappa shape index (κ2) is 16.0. The average Bonchev–Trinajstić information content (AvgIpc) is 2.77. The summed E-state index contributed by atoms with van der Waals surface area (Å²) in [6.07, 6.45) is -3.19. The first kappa shape index (κ1) is 32.2. The predicted molar refractivity (Wildman–Crippen MR) is 126 cm³/mol. The number of halogens is 3. The lowest BCUT2D eigenvalue weighted by atomic mass is 10.0. The molecule has 0 saturated carbocycles. The number of thiol groups is 1. The van der Waals surface area contributed by atoms with Crippen molar-refractivity contribution in [1.29, 1.82) is 0 Å². The summed E-state index contributed by atoms with van der Waals surface area (Å²) in [5.41, 5.74) is 6.31. The molecule has 0 aromatic heterocycles. The number of rotatable bonds is 12. The van der Waals surface area contributed by atoms with E-state index in [-0.39, 0.29) is 18.2 Å². The number of carboxylic acids is 2. The number of aliphatic carboxylic acids is 2. The average molecular weight is 524 g/mol. The van der Waals surface area contributed by atoms with Crippen molar-refractivity contribution in [3.63, 3.8) is 0 Å². The molecule has 0 radical (unpaired) electrons. The second-order valence-corrected chi connectivity index (χ2v) is 8.48. The van der Waals surface area contributed by atoms with E-state index >= 15 is 0 Å². The minimum absolute atomic E-state index is 0.000866. The van der Waals surface area contributed by atoms with Crippen molar-refractivity contribution in [2.45, 2.75) is 63.0 Å². The fraction of sp³-hybridized carbons (Fsp3) is 0.545. The van der Waals surface area contributed by atoms with E-state index in [1.54, 1.807) is 12.1 Å². The molecule has 2 amide bonds. The van der Waals surface area contributed by atoms with Crippen molar-refractivity contribution in [3.8, 4) is 0 Å². The van der Waals surface area contributed by atoms with Gasteiger partial charge >= 0.3 is 18.1 Å². The zero-order chi connectivity index (χ0) is 27.2. The molecule has 198 valence electrons. The number of benzene rings is 1. The Balaban J connectivity index is 0.00000143. The molecule has 0 aliphatic heterocycles. The Kier molecular flexibility index (Phi) is 14.7. The van der Waals surface area contributed by atoms with Crippen molar-refractivity contribution >= 4 is 36.4 Å². The van der Waals surface area contributed by atoms with Crippen LogP contribution in [0.1, 0.15) is 38.7 Å². The van der Waals surface area contributed by atoms with Crippen LogP contribution in [-0.4, -0.2) is 64.0 Å². The van der Waals surface area contributed by atoms with E-state index in [0.29, 0.717) is 25.8 Å². The van der Waals surface area contributed by atoms with Gasteiger partial charge in [0.2, 0.25) is 11.8 Å². The highest BCUT2D eigenvalue weighted by molar-refractivity contribution is 7.81. The summed E-state index contributed by atoms with van der Waals surface area (Å²) in [6, 6.07) is 7.15. The number of carbonyl (C=O) groups excluding carboxylic acids is 2. The topological polar surface area (TPSA) is 159 Å². The number of carboxylic acid groups (broad SMARTS) is 2. The quantitative estimate of drug-likeness (QED) is 0.181. The van der Waals surface area contributed by atoms with E-state index < -0.39 is 41.4 Å². The number of nitrogens with two attached hydrogens (primary N) is 1. The summed E-state index contributed by atoms with van der Waals surface area (Å²) in [6.45, 7) is 4.21. The minimum Gasteiger partial charge on any atom is -0.480 e. The largest absolute Gasteiger partial charge is 0.490 e. The molecule has 1 unspecified atom stereocenters. The molecule has 0 aliphatic carbocycles. The van der Waals surface area contributed by atoms with Gasteiger partial charge < -0.3 is 26.6 Å². The van der Waals surface area contributed by atoms with E-state index in [4.69, 9.17) is 15.6 Å². The fourth-order valence-electron chi connectivity index (χ4n) is 2.64. The molecule has 0 fully saturated rings. The number of unbranched alkanes of at least 4 members (excludes halogenated alkanes) is 1. The third-order valence-electron chi connectivity index (χ3n) is 4.62. The Hall–Kier alpha value is -2.80. The number of nitrogens with one attached hydrogen (secondary N) is 2. The molecule has 35 heavy (non-hydrogen) atoms. The predicted octanol–water partition coefficient (Wildman–Crippen LogP) is 2.00. The van der Waals surface area contributed by atoms with Crippen LogP contribution in [0.3, 0.4) is 0 Å². The minimum atomic E-state index is -5.08. The van der Waals surface area contributed by atoms with Gasteiger partial charge in [0, 0.05) is 6.42 Å². The van der Waals surface area contributed by atoms with E-state index in [9.17, 15) is 32.7 Å². The normalized spacial score (nSPS) is 13.6. The number of carbonyl (C=O) groups is 4. The van der Waals surface area contributed by atoms with Crippen LogP contribution in [0.4, 0.5) is 13.2 Å². The lowest BCUT2D eigenvalue weighted by Crippen LogP contribution is -2.53. The van der Waals surface area contributed by atoms with Gasteiger partial charge in [0.05, 0.1) is 5.25 Å². The number of alkyl halides is 3. The van der Waals surface area contributed by atoms with Crippen molar-refractivity contribution in [3.05, 3.63) is 35.9 Å². The first-order valence-electron chi connectivity index (χ1n) is 10.8. The molecular weight excluding hydrogens is 491 g/mol. The van der Waals surface area contributed by atoms with Crippen LogP contribution < -0.4 is 16.4 Å². The van der Waals surface area contributed by atoms with E-state index in [1.807, 2.05) is 32.0 Å². The van der Waals surface area contributed by atoms with Gasteiger partial charge in [-0.25, -0.2) is 9.59 Å². The van der Waals surface area contributed by atoms with Gasteiger partial charge in [-0.15, -0.1) is 0 Å².